The molecule has 4 nitrogen and oxygen atoms in total. The third-order valence-electron chi connectivity index (χ3n) is 2.70. The number of ether oxygens (including phenoxy) is 2. The predicted molar refractivity (Wildman–Crippen MR) is 64.0 cm³/mol. The molecule has 0 spiro atoms. The molecule has 4 heteroatoms. The van der Waals surface area contributed by atoms with Crippen molar-refractivity contribution in [2.75, 3.05) is 0 Å². The summed E-state index contributed by atoms with van der Waals surface area (Å²) in [5.41, 5.74) is 0.799. The summed E-state index contributed by atoms with van der Waals surface area (Å²) in [6.07, 6.45) is 0.257. The van der Waals surface area contributed by atoms with E-state index in [4.69, 9.17) is 9.47 Å². The number of benzene rings is 2. The van der Waals surface area contributed by atoms with Crippen LogP contribution in [-0.2, 0) is 11.2 Å². The Kier molecular flexibility index (Phi) is 2.41. The Hall–Kier alpha value is -2.49. The van der Waals surface area contributed by atoms with Gasteiger partial charge in [0.25, 0.3) is 0 Å². The molecule has 2 aromatic rings. The first-order valence-electron chi connectivity index (χ1n) is 5.52. The molecule has 0 radical (unpaired) electrons. The molecular formula is C14H10O4. The number of hydrogen-bond acceptors (Lipinski definition) is 4. The van der Waals surface area contributed by atoms with Crippen LogP contribution in [0.3, 0.4) is 0 Å². The number of carbonyl (C=O) groups excluding carboxylic acids is 1. The highest BCUT2D eigenvalue weighted by atomic mass is 16.6. The Bertz CT molecular complexity index is 619. The lowest BCUT2D eigenvalue weighted by atomic mass is 10.1. The van der Waals surface area contributed by atoms with Crippen molar-refractivity contribution in [2.45, 2.75) is 6.42 Å². The van der Waals surface area contributed by atoms with Gasteiger partial charge in [0.2, 0.25) is 0 Å². The third-order valence-corrected chi connectivity index (χ3v) is 2.70. The van der Waals surface area contributed by atoms with Crippen molar-refractivity contribution in [3.63, 3.8) is 0 Å². The van der Waals surface area contributed by atoms with E-state index < -0.39 is 0 Å². The highest BCUT2D eigenvalue weighted by Gasteiger charge is 2.24. The number of carbonyl (C=O) groups is 1. The van der Waals surface area contributed by atoms with Gasteiger partial charge < -0.3 is 14.6 Å². The molecule has 0 saturated carbocycles. The van der Waals surface area contributed by atoms with E-state index in [1.54, 1.807) is 30.3 Å². The fourth-order valence-corrected chi connectivity index (χ4v) is 1.86. The number of hydrogen-bond donors (Lipinski definition) is 1. The first-order valence-corrected chi connectivity index (χ1v) is 5.52. The summed E-state index contributed by atoms with van der Waals surface area (Å²) < 4.78 is 10.7. The zero-order chi connectivity index (χ0) is 12.5. The van der Waals surface area contributed by atoms with Gasteiger partial charge in [-0.15, -0.1) is 0 Å². The highest BCUT2D eigenvalue weighted by molar-refractivity contribution is 5.82. The fraction of sp³-hybridized carbons (Fsp3) is 0.0714. The van der Waals surface area contributed by atoms with E-state index >= 15 is 0 Å². The molecule has 0 unspecified atom stereocenters. The Balaban J connectivity index is 1.98. The normalized spacial score (nSPS) is 13.0. The molecule has 2 aromatic carbocycles. The van der Waals surface area contributed by atoms with Gasteiger partial charge in [-0.1, -0.05) is 24.3 Å². The summed E-state index contributed by atoms with van der Waals surface area (Å²) in [5.74, 6) is 0.942. The molecule has 0 atom stereocenters. The van der Waals surface area contributed by atoms with Crippen molar-refractivity contribution in [1.82, 2.24) is 0 Å². The van der Waals surface area contributed by atoms with E-state index in [2.05, 4.69) is 0 Å². The maximum atomic E-state index is 11.2. The Labute approximate surface area is 103 Å². The maximum absolute atomic E-state index is 11.2. The topological polar surface area (TPSA) is 55.8 Å². The number of rotatable bonds is 2. The molecule has 1 aliphatic rings. The first-order chi connectivity index (χ1) is 8.74. The maximum Gasteiger partial charge on any atom is 0.315 e. The summed E-state index contributed by atoms with van der Waals surface area (Å²) in [5, 5.41) is 9.64. The number of esters is 1. The Morgan fingerprint density at radius 3 is 2.67 bits per heavy atom. The predicted octanol–water partition coefficient (Wildman–Crippen LogP) is 2.65. The van der Waals surface area contributed by atoms with Gasteiger partial charge in [-0.2, -0.15) is 0 Å². The molecule has 0 aliphatic carbocycles. The fourth-order valence-electron chi connectivity index (χ4n) is 1.86. The van der Waals surface area contributed by atoms with E-state index in [0.717, 1.165) is 5.56 Å². The van der Waals surface area contributed by atoms with Gasteiger partial charge >= 0.3 is 5.97 Å². The summed E-state index contributed by atoms with van der Waals surface area (Å²) >= 11 is 0. The number of para-hydroxylation sites is 3. The molecule has 90 valence electrons. The van der Waals surface area contributed by atoms with Gasteiger partial charge in [0.1, 0.15) is 0 Å². The highest BCUT2D eigenvalue weighted by Crippen LogP contribution is 2.40. The summed E-state index contributed by atoms with van der Waals surface area (Å²) in [6, 6.07) is 11.9. The summed E-state index contributed by atoms with van der Waals surface area (Å²) in [4.78, 5) is 11.2. The minimum atomic E-state index is -0.293. The lowest BCUT2D eigenvalue weighted by Gasteiger charge is -2.09. The van der Waals surface area contributed by atoms with Crippen LogP contribution < -0.4 is 9.47 Å². The molecule has 0 amide bonds. The molecule has 3 rings (SSSR count). The van der Waals surface area contributed by atoms with Gasteiger partial charge in [-0.3, -0.25) is 4.79 Å². The van der Waals surface area contributed by atoms with Gasteiger partial charge in [-0.25, -0.2) is 0 Å². The van der Waals surface area contributed by atoms with Crippen LogP contribution in [0, 0.1) is 0 Å². The van der Waals surface area contributed by atoms with Crippen LogP contribution in [0.1, 0.15) is 5.56 Å². The van der Waals surface area contributed by atoms with Crippen LogP contribution in [-0.4, -0.2) is 11.1 Å². The third kappa shape index (κ3) is 1.78. The average Bonchev–Trinajstić information content (AvgIpc) is 2.73. The average molecular weight is 242 g/mol. The van der Waals surface area contributed by atoms with Gasteiger partial charge in [0.15, 0.2) is 23.0 Å². The van der Waals surface area contributed by atoms with Crippen LogP contribution in [0.15, 0.2) is 42.5 Å². The van der Waals surface area contributed by atoms with Crippen molar-refractivity contribution in [3.8, 4) is 23.0 Å². The van der Waals surface area contributed by atoms with Crippen molar-refractivity contribution >= 4 is 5.97 Å². The van der Waals surface area contributed by atoms with Crippen molar-refractivity contribution in [3.05, 3.63) is 48.0 Å². The molecule has 1 N–H and O–H groups in total. The molecule has 1 heterocycles. The monoisotopic (exact) mass is 242 g/mol. The van der Waals surface area contributed by atoms with E-state index in [-0.39, 0.29) is 18.1 Å². The standard InChI is InChI=1S/C14H10O4/c15-10-5-1-2-6-11(10)17-12-7-3-4-9-8-13(16)18-14(9)12/h1-7,15H,8H2. The quantitative estimate of drug-likeness (QED) is 0.649. The second-order valence-electron chi connectivity index (χ2n) is 3.97. The zero-order valence-electron chi connectivity index (χ0n) is 9.42. The largest absolute Gasteiger partial charge is 0.504 e. The van der Waals surface area contributed by atoms with Crippen LogP contribution in [0.5, 0.6) is 23.0 Å². The van der Waals surface area contributed by atoms with Crippen LogP contribution >= 0.6 is 0 Å². The van der Waals surface area contributed by atoms with Gasteiger partial charge in [0, 0.05) is 5.56 Å². The number of phenolic OH excluding ortho intramolecular Hbond substituents is 1. The Morgan fingerprint density at radius 1 is 1.06 bits per heavy atom. The second-order valence-corrected chi connectivity index (χ2v) is 3.97. The van der Waals surface area contributed by atoms with Crippen molar-refractivity contribution in [1.29, 1.82) is 0 Å². The lowest BCUT2D eigenvalue weighted by Crippen LogP contribution is -2.00. The molecule has 0 fully saturated rings. The number of phenols is 1. The Morgan fingerprint density at radius 2 is 1.83 bits per heavy atom. The van der Waals surface area contributed by atoms with Crippen molar-refractivity contribution in [2.24, 2.45) is 0 Å². The smallest absolute Gasteiger partial charge is 0.315 e. The molecular weight excluding hydrogens is 232 g/mol. The van der Waals surface area contributed by atoms with Crippen LogP contribution in [0.2, 0.25) is 0 Å². The van der Waals surface area contributed by atoms with E-state index in [0.29, 0.717) is 17.2 Å². The molecule has 0 saturated heterocycles. The van der Waals surface area contributed by atoms with Gasteiger partial charge in [-0.05, 0) is 18.2 Å². The summed E-state index contributed by atoms with van der Waals surface area (Å²) in [7, 11) is 0. The lowest BCUT2D eigenvalue weighted by molar-refractivity contribution is -0.131. The molecule has 0 bridgehead atoms. The number of fused-ring (bicyclic) bond motifs is 1. The molecule has 1 aliphatic heterocycles. The minimum Gasteiger partial charge on any atom is -0.504 e. The zero-order valence-corrected chi connectivity index (χ0v) is 9.42. The number of aromatic hydroxyl groups is 1. The second kappa shape index (κ2) is 4.07. The molecule has 18 heavy (non-hydrogen) atoms. The van der Waals surface area contributed by atoms with Crippen LogP contribution in [0.25, 0.3) is 0 Å². The van der Waals surface area contributed by atoms with E-state index in [1.807, 2.05) is 6.07 Å². The minimum absolute atomic E-state index is 0.0411. The SMILES string of the molecule is O=C1Cc2cccc(Oc3ccccc3O)c2O1. The first kappa shape index (κ1) is 10.7. The van der Waals surface area contributed by atoms with Crippen molar-refractivity contribution < 1.29 is 19.4 Å². The van der Waals surface area contributed by atoms with E-state index in [9.17, 15) is 9.90 Å². The molecule has 0 aromatic heterocycles. The summed E-state index contributed by atoms with van der Waals surface area (Å²) in [6.45, 7) is 0. The van der Waals surface area contributed by atoms with Gasteiger partial charge in [0.05, 0.1) is 6.42 Å². The van der Waals surface area contributed by atoms with E-state index in [1.165, 1.54) is 6.07 Å². The van der Waals surface area contributed by atoms with Crippen LogP contribution in [0.4, 0.5) is 0 Å².